The average molecular weight is 431 g/mol. The van der Waals surface area contributed by atoms with E-state index in [1.54, 1.807) is 12.1 Å². The van der Waals surface area contributed by atoms with E-state index >= 15 is 0 Å². The van der Waals surface area contributed by atoms with E-state index < -0.39 is 0 Å². The number of fused-ring (bicyclic) bond motifs is 1. The highest BCUT2D eigenvalue weighted by molar-refractivity contribution is 6.25. The number of hydrogen-bond donors (Lipinski definition) is 1. The van der Waals surface area contributed by atoms with Crippen molar-refractivity contribution in [2.75, 3.05) is 6.54 Å². The first-order valence-corrected chi connectivity index (χ1v) is 11.2. The Morgan fingerprint density at radius 2 is 1.72 bits per heavy atom. The molecule has 0 aliphatic carbocycles. The number of nitrogens with one attached hydrogen (secondary N) is 1. The Bertz CT molecular complexity index is 1160. The number of imide groups is 1. The van der Waals surface area contributed by atoms with Gasteiger partial charge < -0.3 is 9.88 Å². The van der Waals surface area contributed by atoms with Gasteiger partial charge in [-0.15, -0.1) is 10.2 Å². The van der Waals surface area contributed by atoms with Crippen LogP contribution < -0.4 is 5.32 Å². The summed E-state index contributed by atoms with van der Waals surface area (Å²) in [6, 6.07) is 11.0. The van der Waals surface area contributed by atoms with Crippen molar-refractivity contribution in [2.24, 2.45) is 0 Å². The molecule has 0 spiro atoms. The maximum Gasteiger partial charge on any atom is 0.261 e. The molecule has 0 unspecified atom stereocenters. The second kappa shape index (κ2) is 8.53. The predicted octanol–water partition coefficient (Wildman–Crippen LogP) is 2.85. The van der Waals surface area contributed by atoms with Crippen LogP contribution in [0.25, 0.3) is 10.8 Å². The van der Waals surface area contributed by atoms with Crippen molar-refractivity contribution in [3.63, 3.8) is 0 Å². The first kappa shape index (κ1) is 20.4. The molecule has 1 aromatic heterocycles. The summed E-state index contributed by atoms with van der Waals surface area (Å²) in [6.07, 6.45) is 4.96. The van der Waals surface area contributed by atoms with E-state index in [1.807, 2.05) is 24.3 Å². The van der Waals surface area contributed by atoms with Crippen LogP contribution in [0.1, 0.15) is 64.5 Å². The number of aryl methyl sites for hydroxylation is 1. The first-order chi connectivity index (χ1) is 15.6. The van der Waals surface area contributed by atoms with Gasteiger partial charge in [0, 0.05) is 42.4 Å². The Hall–Kier alpha value is -3.55. The highest BCUT2D eigenvalue weighted by atomic mass is 16.2. The second-order valence-corrected chi connectivity index (χ2v) is 8.35. The van der Waals surface area contributed by atoms with Crippen molar-refractivity contribution < 1.29 is 14.4 Å². The molecule has 0 saturated heterocycles. The van der Waals surface area contributed by atoms with Crippen molar-refractivity contribution in [3.05, 3.63) is 59.2 Å². The summed E-state index contributed by atoms with van der Waals surface area (Å²) >= 11 is 0. The molecule has 8 nitrogen and oxygen atoms in total. The minimum atomic E-state index is -0.300. The number of carbonyl (C=O) groups is 3. The quantitative estimate of drug-likeness (QED) is 0.606. The Labute approximate surface area is 185 Å². The van der Waals surface area contributed by atoms with Crippen LogP contribution in [-0.2, 0) is 24.3 Å². The molecule has 0 atom stereocenters. The van der Waals surface area contributed by atoms with Gasteiger partial charge in [0.05, 0.1) is 6.54 Å². The van der Waals surface area contributed by atoms with Crippen LogP contribution in [-0.4, -0.2) is 43.9 Å². The first-order valence-electron chi connectivity index (χ1n) is 11.2. The van der Waals surface area contributed by atoms with Crippen molar-refractivity contribution in [1.82, 2.24) is 25.0 Å². The zero-order chi connectivity index (χ0) is 22.1. The summed E-state index contributed by atoms with van der Waals surface area (Å²) in [5.41, 5.74) is 1.07. The van der Waals surface area contributed by atoms with Gasteiger partial charge in [-0.1, -0.05) is 30.7 Å². The molecule has 2 aliphatic heterocycles. The lowest BCUT2D eigenvalue weighted by Gasteiger charge is -2.27. The summed E-state index contributed by atoms with van der Waals surface area (Å²) in [5.74, 6) is 1.04. The normalized spacial score (nSPS) is 15.6. The number of nitrogens with zero attached hydrogens (tertiary/aromatic N) is 4. The lowest BCUT2D eigenvalue weighted by Crippen LogP contribution is -2.41. The highest BCUT2D eigenvalue weighted by Gasteiger charge is 2.32. The maximum atomic E-state index is 12.9. The van der Waals surface area contributed by atoms with E-state index in [9.17, 15) is 14.4 Å². The zero-order valence-corrected chi connectivity index (χ0v) is 17.8. The van der Waals surface area contributed by atoms with Gasteiger partial charge in [-0.2, -0.15) is 0 Å². The van der Waals surface area contributed by atoms with Gasteiger partial charge in [0.2, 0.25) is 5.91 Å². The van der Waals surface area contributed by atoms with E-state index in [2.05, 4.69) is 20.1 Å². The summed E-state index contributed by atoms with van der Waals surface area (Å²) in [6.45, 7) is 1.43. The van der Waals surface area contributed by atoms with E-state index in [0.717, 1.165) is 42.8 Å². The standard InChI is InChI=1S/C24H25N5O3/c30-21(25-15-20-27-26-19-11-2-1-3-13-28(19)20)12-6-14-29-23(31)17-9-4-7-16-8-5-10-18(22(16)17)24(29)32/h4-5,7-10H,1-3,6,11-15H2,(H,25,30). The van der Waals surface area contributed by atoms with Gasteiger partial charge in [0.1, 0.15) is 5.82 Å². The minimum Gasteiger partial charge on any atom is -0.349 e. The SMILES string of the molecule is O=C(CCCN1C(=O)c2cccc3cccc(c23)C1=O)NCc1nnc2n1CCCCC2. The monoisotopic (exact) mass is 431 g/mol. The topological polar surface area (TPSA) is 97.2 Å². The fourth-order valence-electron chi connectivity index (χ4n) is 4.62. The third-order valence-corrected chi connectivity index (χ3v) is 6.27. The molecule has 8 heteroatoms. The number of rotatable bonds is 6. The van der Waals surface area contributed by atoms with Crippen molar-refractivity contribution in [1.29, 1.82) is 0 Å². The van der Waals surface area contributed by atoms with Gasteiger partial charge in [0.25, 0.3) is 11.8 Å². The average Bonchev–Trinajstić information content (AvgIpc) is 3.03. The Balaban J connectivity index is 1.18. The van der Waals surface area contributed by atoms with Crippen LogP contribution >= 0.6 is 0 Å². The van der Waals surface area contributed by atoms with Crippen LogP contribution in [0.4, 0.5) is 0 Å². The zero-order valence-electron chi connectivity index (χ0n) is 17.8. The molecule has 3 heterocycles. The fourth-order valence-corrected chi connectivity index (χ4v) is 4.62. The lowest BCUT2D eigenvalue weighted by molar-refractivity contribution is -0.121. The van der Waals surface area contributed by atoms with Gasteiger partial charge in [-0.05, 0) is 36.8 Å². The fraction of sp³-hybridized carbons (Fsp3) is 0.375. The highest BCUT2D eigenvalue weighted by Crippen LogP contribution is 2.30. The van der Waals surface area contributed by atoms with Crippen LogP contribution in [0, 0.1) is 0 Å². The predicted molar refractivity (Wildman–Crippen MR) is 118 cm³/mol. The molecular weight excluding hydrogens is 406 g/mol. The summed E-state index contributed by atoms with van der Waals surface area (Å²) in [5, 5.41) is 13.0. The van der Waals surface area contributed by atoms with Crippen LogP contribution in [0.2, 0.25) is 0 Å². The molecule has 2 aromatic carbocycles. The number of carbonyl (C=O) groups excluding carboxylic acids is 3. The largest absolute Gasteiger partial charge is 0.349 e. The molecule has 2 aliphatic rings. The number of aromatic nitrogens is 3. The van der Waals surface area contributed by atoms with E-state index in [4.69, 9.17) is 0 Å². The van der Waals surface area contributed by atoms with Gasteiger partial charge in [-0.3, -0.25) is 19.3 Å². The third-order valence-electron chi connectivity index (χ3n) is 6.27. The summed E-state index contributed by atoms with van der Waals surface area (Å²) < 4.78 is 2.11. The molecule has 0 bridgehead atoms. The number of amides is 3. The van der Waals surface area contributed by atoms with Gasteiger partial charge >= 0.3 is 0 Å². The minimum absolute atomic E-state index is 0.129. The van der Waals surface area contributed by atoms with Gasteiger partial charge in [-0.25, -0.2) is 0 Å². The molecule has 3 amide bonds. The number of benzene rings is 2. The lowest BCUT2D eigenvalue weighted by atomic mass is 9.94. The second-order valence-electron chi connectivity index (χ2n) is 8.35. The summed E-state index contributed by atoms with van der Waals surface area (Å²) in [7, 11) is 0. The molecule has 3 aromatic rings. The molecule has 0 fully saturated rings. The molecular formula is C24H25N5O3. The number of hydrogen-bond acceptors (Lipinski definition) is 5. The van der Waals surface area contributed by atoms with Crippen molar-refractivity contribution >= 4 is 28.5 Å². The Morgan fingerprint density at radius 3 is 2.47 bits per heavy atom. The molecule has 5 rings (SSSR count). The van der Waals surface area contributed by atoms with Gasteiger partial charge in [0.15, 0.2) is 5.82 Å². The molecule has 164 valence electrons. The van der Waals surface area contributed by atoms with Crippen molar-refractivity contribution in [2.45, 2.75) is 51.6 Å². The Morgan fingerprint density at radius 1 is 0.969 bits per heavy atom. The van der Waals surface area contributed by atoms with Crippen LogP contribution in [0.3, 0.4) is 0 Å². The molecule has 32 heavy (non-hydrogen) atoms. The van der Waals surface area contributed by atoms with E-state index in [-0.39, 0.29) is 30.7 Å². The molecule has 0 saturated carbocycles. The maximum absolute atomic E-state index is 12.9. The van der Waals surface area contributed by atoms with E-state index in [1.165, 1.54) is 11.3 Å². The Kier molecular flexibility index (Phi) is 5.43. The third kappa shape index (κ3) is 3.66. The molecule has 1 N–H and O–H groups in total. The smallest absolute Gasteiger partial charge is 0.261 e. The van der Waals surface area contributed by atoms with Crippen LogP contribution in [0.5, 0.6) is 0 Å². The van der Waals surface area contributed by atoms with Crippen LogP contribution in [0.15, 0.2) is 36.4 Å². The summed E-state index contributed by atoms with van der Waals surface area (Å²) in [4.78, 5) is 39.5. The van der Waals surface area contributed by atoms with E-state index in [0.29, 0.717) is 29.5 Å². The van der Waals surface area contributed by atoms with Crippen molar-refractivity contribution in [3.8, 4) is 0 Å². The molecule has 0 radical (unpaired) electrons.